The van der Waals surface area contributed by atoms with Crippen LogP contribution in [0.25, 0.3) is 0 Å². The molecule has 0 spiro atoms. The largest absolute Gasteiger partial charge is 0.493 e. The highest BCUT2D eigenvalue weighted by atomic mass is 32.2. The third kappa shape index (κ3) is 5.90. The lowest BCUT2D eigenvalue weighted by atomic mass is 9.68. The molecule has 1 fully saturated rings. The molecule has 228 valence electrons. The van der Waals surface area contributed by atoms with Crippen LogP contribution in [0, 0.1) is 13.8 Å². The summed E-state index contributed by atoms with van der Waals surface area (Å²) >= 11 is -0.432. The predicted octanol–water partition coefficient (Wildman–Crippen LogP) is 6.84. The van der Waals surface area contributed by atoms with E-state index in [1.165, 1.54) is 50.8 Å². The van der Waals surface area contributed by atoms with Gasteiger partial charge in [0.1, 0.15) is 0 Å². The van der Waals surface area contributed by atoms with Gasteiger partial charge in [-0.3, -0.25) is 14.8 Å². The number of imide groups is 1. The van der Waals surface area contributed by atoms with Crippen molar-refractivity contribution >= 4 is 35.4 Å². The van der Waals surface area contributed by atoms with Crippen molar-refractivity contribution in [3.63, 3.8) is 0 Å². The molecule has 0 N–H and O–H groups in total. The fraction of sp³-hybridized carbons (Fsp3) is 0.321. The number of hydrogen-bond acceptors (Lipinski definition) is 7. The Labute approximate surface area is 246 Å². The molecule has 3 heterocycles. The summed E-state index contributed by atoms with van der Waals surface area (Å²) in [6.45, 7) is 6.30. The zero-order valence-electron chi connectivity index (χ0n) is 23.0. The second-order valence-corrected chi connectivity index (χ2v) is 11.0. The number of benzene rings is 1. The summed E-state index contributed by atoms with van der Waals surface area (Å²) in [4.78, 5) is 53.8. The molecular weight excluding hydrogens is 602 g/mol. The van der Waals surface area contributed by atoms with Crippen LogP contribution in [0.4, 0.5) is 36.8 Å². The number of amides is 3. The van der Waals surface area contributed by atoms with Crippen molar-refractivity contribution in [3.8, 4) is 0 Å². The van der Waals surface area contributed by atoms with E-state index in [2.05, 4.69) is 9.97 Å². The Kier molecular flexibility index (Phi) is 8.51. The minimum absolute atomic E-state index is 0.151. The van der Waals surface area contributed by atoms with Crippen LogP contribution < -0.4 is 4.90 Å². The molecule has 3 amide bonds. The van der Waals surface area contributed by atoms with Gasteiger partial charge in [-0.15, -0.1) is 5.06 Å². The number of pyridine rings is 2. The second kappa shape index (κ2) is 11.5. The molecule has 1 aromatic carbocycles. The number of urea groups is 1. The standard InChI is InChI=1S/C28H24F6N4O4S/c1-15-13-35-11-9-21(15)17(3)26(18(4)22-10-12-36-14-16(22)2)23(39)37(25(41)38(26)42-24(40)27(29,30)31)19-5-7-20(8-6-19)43-28(32,33)34/h5-14,17-18H,1-4H3. The SMILES string of the molecule is Cc1cnccc1C(C)C1(C(C)c2ccncc2C)C(=O)N(c2ccc(SC(F)(F)F)cc2)C(=O)N1OC(=O)C(F)(F)F. The summed E-state index contributed by atoms with van der Waals surface area (Å²) in [5.41, 5.74) is -5.27. The van der Waals surface area contributed by atoms with E-state index in [-0.39, 0.29) is 15.6 Å². The fourth-order valence-corrected chi connectivity index (χ4v) is 5.93. The molecule has 4 rings (SSSR count). The molecule has 3 aromatic rings. The average Bonchev–Trinajstić information content (AvgIpc) is 3.14. The third-order valence-corrected chi connectivity index (χ3v) is 8.10. The van der Waals surface area contributed by atoms with E-state index in [1.54, 1.807) is 13.8 Å². The Balaban J connectivity index is 1.98. The van der Waals surface area contributed by atoms with Crippen LogP contribution in [-0.4, -0.2) is 50.2 Å². The Hall–Kier alpha value is -4.14. The Morgan fingerprint density at radius 2 is 1.35 bits per heavy atom. The van der Waals surface area contributed by atoms with Gasteiger partial charge < -0.3 is 4.84 Å². The number of alkyl halides is 6. The number of nitrogens with zero attached hydrogens (tertiary/aromatic N) is 4. The van der Waals surface area contributed by atoms with Gasteiger partial charge in [0.05, 0.1) is 5.69 Å². The van der Waals surface area contributed by atoms with Gasteiger partial charge >= 0.3 is 23.7 Å². The number of aryl methyl sites for hydroxylation is 2. The molecule has 0 saturated carbocycles. The number of anilines is 1. The van der Waals surface area contributed by atoms with Crippen molar-refractivity contribution in [2.75, 3.05) is 4.90 Å². The maximum atomic E-state index is 14.6. The predicted molar refractivity (Wildman–Crippen MR) is 143 cm³/mol. The minimum Gasteiger partial charge on any atom is -0.327 e. The van der Waals surface area contributed by atoms with Crippen LogP contribution in [0.5, 0.6) is 0 Å². The Bertz CT molecular complexity index is 1500. The zero-order chi connectivity index (χ0) is 31.9. The number of carbonyl (C=O) groups excluding carboxylic acids is 3. The molecule has 43 heavy (non-hydrogen) atoms. The second-order valence-electron chi connectivity index (χ2n) is 9.87. The van der Waals surface area contributed by atoms with Crippen molar-refractivity contribution < 1.29 is 45.6 Å². The highest BCUT2D eigenvalue weighted by Crippen LogP contribution is 2.51. The lowest BCUT2D eigenvalue weighted by Crippen LogP contribution is -2.58. The van der Waals surface area contributed by atoms with E-state index in [9.17, 15) is 40.7 Å². The molecule has 2 atom stereocenters. The minimum atomic E-state index is -5.54. The van der Waals surface area contributed by atoms with Crippen molar-refractivity contribution in [2.45, 2.75) is 61.6 Å². The molecule has 0 bridgehead atoms. The lowest BCUT2D eigenvalue weighted by Gasteiger charge is -2.43. The highest BCUT2D eigenvalue weighted by molar-refractivity contribution is 8.00. The molecule has 1 aliphatic rings. The topological polar surface area (TPSA) is 92.7 Å². The van der Waals surface area contributed by atoms with Gasteiger partial charge in [0, 0.05) is 41.5 Å². The average molecular weight is 627 g/mol. The molecule has 15 heteroatoms. The van der Waals surface area contributed by atoms with Crippen LogP contribution in [0.1, 0.15) is 47.9 Å². The Morgan fingerprint density at radius 1 is 0.860 bits per heavy atom. The number of thioether (sulfide) groups is 1. The van der Waals surface area contributed by atoms with Crippen molar-refractivity contribution in [3.05, 3.63) is 83.4 Å². The summed E-state index contributed by atoms with van der Waals surface area (Å²) in [5, 5.41) is 0.151. The first kappa shape index (κ1) is 31.8. The van der Waals surface area contributed by atoms with E-state index in [0.717, 1.165) is 24.3 Å². The summed E-state index contributed by atoms with van der Waals surface area (Å²) in [6.07, 6.45) is 0.187. The van der Waals surface area contributed by atoms with E-state index in [0.29, 0.717) is 27.2 Å². The molecule has 0 radical (unpaired) electrons. The van der Waals surface area contributed by atoms with Gasteiger partial charge in [-0.05, 0) is 84.3 Å². The molecule has 1 aliphatic heterocycles. The number of hydroxylamine groups is 2. The van der Waals surface area contributed by atoms with E-state index < -0.39 is 58.7 Å². The van der Waals surface area contributed by atoms with Crippen LogP contribution in [-0.2, 0) is 14.4 Å². The van der Waals surface area contributed by atoms with Gasteiger partial charge in [0.25, 0.3) is 5.91 Å². The van der Waals surface area contributed by atoms with Crippen LogP contribution >= 0.6 is 11.8 Å². The molecule has 8 nitrogen and oxygen atoms in total. The van der Waals surface area contributed by atoms with Crippen LogP contribution in [0.15, 0.2) is 66.1 Å². The smallest absolute Gasteiger partial charge is 0.327 e. The number of carbonyl (C=O) groups is 3. The van der Waals surface area contributed by atoms with Crippen LogP contribution in [0.3, 0.4) is 0 Å². The maximum absolute atomic E-state index is 14.6. The molecule has 1 saturated heterocycles. The van der Waals surface area contributed by atoms with Crippen molar-refractivity contribution in [1.82, 2.24) is 15.0 Å². The first-order valence-electron chi connectivity index (χ1n) is 12.6. The number of rotatable bonds is 7. The normalized spacial score (nSPS) is 19.0. The summed E-state index contributed by atoms with van der Waals surface area (Å²) in [6, 6.07) is 5.74. The fourth-order valence-electron chi connectivity index (χ4n) is 5.39. The number of aromatic nitrogens is 2. The molecule has 0 aliphatic carbocycles. The highest BCUT2D eigenvalue weighted by Gasteiger charge is 2.67. The quantitative estimate of drug-likeness (QED) is 0.161. The van der Waals surface area contributed by atoms with Crippen LogP contribution in [0.2, 0.25) is 0 Å². The third-order valence-electron chi connectivity index (χ3n) is 7.36. The van der Waals surface area contributed by atoms with Crippen molar-refractivity contribution in [1.29, 1.82) is 0 Å². The lowest BCUT2D eigenvalue weighted by molar-refractivity contribution is -0.241. The maximum Gasteiger partial charge on any atom is 0.493 e. The molecule has 2 unspecified atom stereocenters. The summed E-state index contributed by atoms with van der Waals surface area (Å²) < 4.78 is 79.3. The Morgan fingerprint density at radius 3 is 1.77 bits per heavy atom. The number of halogens is 6. The molecular formula is C28H24F6N4O4S. The summed E-state index contributed by atoms with van der Waals surface area (Å²) in [7, 11) is 0. The number of hydrogen-bond donors (Lipinski definition) is 0. The van der Waals surface area contributed by atoms with Gasteiger partial charge in [0.15, 0.2) is 5.54 Å². The summed E-state index contributed by atoms with van der Waals surface area (Å²) in [5.74, 6) is -6.02. The first-order chi connectivity index (χ1) is 20.0. The van der Waals surface area contributed by atoms with E-state index in [1.807, 2.05) is 0 Å². The van der Waals surface area contributed by atoms with E-state index >= 15 is 0 Å². The first-order valence-corrected chi connectivity index (χ1v) is 13.5. The van der Waals surface area contributed by atoms with Gasteiger partial charge in [-0.1, -0.05) is 13.8 Å². The van der Waals surface area contributed by atoms with Gasteiger partial charge in [0.2, 0.25) is 0 Å². The van der Waals surface area contributed by atoms with Gasteiger partial charge in [-0.25, -0.2) is 14.5 Å². The zero-order valence-corrected chi connectivity index (χ0v) is 23.8. The van der Waals surface area contributed by atoms with E-state index in [4.69, 9.17) is 4.84 Å². The monoisotopic (exact) mass is 626 g/mol. The van der Waals surface area contributed by atoms with Gasteiger partial charge in [-0.2, -0.15) is 26.3 Å². The van der Waals surface area contributed by atoms with Crippen molar-refractivity contribution in [2.24, 2.45) is 0 Å². The molecule has 2 aromatic heterocycles.